The van der Waals surface area contributed by atoms with Gasteiger partial charge in [0.1, 0.15) is 0 Å². The average molecular weight is 250 g/mol. The van der Waals surface area contributed by atoms with Crippen LogP contribution in [0.2, 0.25) is 0 Å². The number of anilines is 1. The van der Waals surface area contributed by atoms with Crippen LogP contribution in [0.25, 0.3) is 0 Å². The predicted molar refractivity (Wildman–Crippen MR) is 69.7 cm³/mol. The number of carbonyl (C=O) groups is 2. The zero-order valence-electron chi connectivity index (χ0n) is 10.6. The van der Waals surface area contributed by atoms with Crippen molar-refractivity contribution >= 4 is 17.6 Å². The van der Waals surface area contributed by atoms with E-state index in [-0.39, 0.29) is 17.4 Å². The second kappa shape index (κ2) is 6.76. The Bertz CT molecular complexity index is 432. The molecule has 0 saturated carbocycles. The van der Waals surface area contributed by atoms with Crippen LogP contribution >= 0.6 is 0 Å². The zero-order valence-corrected chi connectivity index (χ0v) is 10.6. The van der Waals surface area contributed by atoms with E-state index in [4.69, 9.17) is 5.11 Å². The molecule has 0 heterocycles. The van der Waals surface area contributed by atoms with Crippen LogP contribution in [0.4, 0.5) is 5.69 Å². The van der Waals surface area contributed by atoms with Crippen LogP contribution in [0.3, 0.4) is 0 Å². The van der Waals surface area contributed by atoms with Gasteiger partial charge in [0.2, 0.25) is 5.91 Å². The van der Waals surface area contributed by atoms with Gasteiger partial charge in [-0.2, -0.15) is 0 Å². The van der Waals surface area contributed by atoms with Crippen molar-refractivity contribution < 1.29 is 14.7 Å². The lowest BCUT2D eigenvalue weighted by Gasteiger charge is -2.13. The largest absolute Gasteiger partial charge is 0.478 e. The predicted octanol–water partition coefficient (Wildman–Crippen LogP) is 1.57. The molecule has 1 unspecified atom stereocenters. The van der Waals surface area contributed by atoms with Crippen molar-refractivity contribution in [2.45, 2.75) is 13.8 Å². The molecule has 1 aromatic carbocycles. The van der Waals surface area contributed by atoms with Crippen LogP contribution < -0.4 is 10.6 Å². The summed E-state index contributed by atoms with van der Waals surface area (Å²) in [6, 6.07) is 6.37. The number of hydrogen-bond acceptors (Lipinski definition) is 3. The normalized spacial score (nSPS) is 11.9. The van der Waals surface area contributed by atoms with Gasteiger partial charge in [-0.3, -0.25) is 4.79 Å². The third-order valence-electron chi connectivity index (χ3n) is 2.56. The van der Waals surface area contributed by atoms with Crippen molar-refractivity contribution in [3.63, 3.8) is 0 Å². The Labute approximate surface area is 106 Å². The Balaban J connectivity index is 2.72. The Kier molecular flexibility index (Phi) is 5.32. The lowest BCUT2D eigenvalue weighted by Crippen LogP contribution is -2.30. The van der Waals surface area contributed by atoms with Crippen LogP contribution in [0.1, 0.15) is 24.2 Å². The SMILES string of the molecule is CCNCC(C)C(=O)Nc1ccccc1C(=O)O. The van der Waals surface area contributed by atoms with E-state index in [1.165, 1.54) is 6.07 Å². The Morgan fingerprint density at radius 2 is 2.00 bits per heavy atom. The van der Waals surface area contributed by atoms with Crippen molar-refractivity contribution in [1.29, 1.82) is 0 Å². The van der Waals surface area contributed by atoms with Gasteiger partial charge in [0, 0.05) is 12.5 Å². The number of carboxylic acid groups (broad SMARTS) is 1. The number of nitrogens with one attached hydrogen (secondary N) is 2. The smallest absolute Gasteiger partial charge is 0.337 e. The number of hydrogen-bond donors (Lipinski definition) is 3. The van der Waals surface area contributed by atoms with Crippen LogP contribution in [0, 0.1) is 5.92 Å². The molecule has 0 bridgehead atoms. The molecule has 0 aliphatic carbocycles. The maximum Gasteiger partial charge on any atom is 0.337 e. The van der Waals surface area contributed by atoms with Gasteiger partial charge in [0.25, 0.3) is 0 Å². The summed E-state index contributed by atoms with van der Waals surface area (Å²) >= 11 is 0. The van der Waals surface area contributed by atoms with Crippen molar-refractivity contribution in [2.75, 3.05) is 18.4 Å². The molecule has 1 atom stereocenters. The van der Waals surface area contributed by atoms with Gasteiger partial charge in [0.15, 0.2) is 0 Å². The summed E-state index contributed by atoms with van der Waals surface area (Å²) in [5, 5.41) is 14.7. The van der Waals surface area contributed by atoms with Gasteiger partial charge in [-0.15, -0.1) is 0 Å². The highest BCUT2D eigenvalue weighted by Crippen LogP contribution is 2.15. The molecule has 18 heavy (non-hydrogen) atoms. The first kappa shape index (κ1) is 14.2. The highest BCUT2D eigenvalue weighted by atomic mass is 16.4. The van der Waals surface area contributed by atoms with Crippen LogP contribution in [0.5, 0.6) is 0 Å². The monoisotopic (exact) mass is 250 g/mol. The number of carbonyl (C=O) groups excluding carboxylic acids is 1. The molecular formula is C13H18N2O3. The fourth-order valence-electron chi connectivity index (χ4n) is 1.49. The molecule has 3 N–H and O–H groups in total. The summed E-state index contributed by atoms with van der Waals surface area (Å²) in [7, 11) is 0. The molecule has 0 fully saturated rings. The lowest BCUT2D eigenvalue weighted by atomic mass is 10.1. The van der Waals surface area contributed by atoms with Crippen molar-refractivity contribution in [3.8, 4) is 0 Å². The van der Waals surface area contributed by atoms with Gasteiger partial charge >= 0.3 is 5.97 Å². The van der Waals surface area contributed by atoms with Crippen LogP contribution in [-0.2, 0) is 4.79 Å². The number of aromatic carboxylic acids is 1. The minimum absolute atomic E-state index is 0.0986. The van der Waals surface area contributed by atoms with Crippen molar-refractivity contribution in [3.05, 3.63) is 29.8 Å². The fourth-order valence-corrected chi connectivity index (χ4v) is 1.49. The van der Waals surface area contributed by atoms with E-state index in [1.54, 1.807) is 25.1 Å². The maximum atomic E-state index is 11.8. The van der Waals surface area contributed by atoms with Gasteiger partial charge in [-0.1, -0.05) is 26.0 Å². The van der Waals surface area contributed by atoms with Gasteiger partial charge in [-0.05, 0) is 18.7 Å². The molecule has 1 rings (SSSR count). The quantitative estimate of drug-likeness (QED) is 0.716. The van der Waals surface area contributed by atoms with E-state index in [0.29, 0.717) is 12.2 Å². The molecule has 0 aromatic heterocycles. The van der Waals surface area contributed by atoms with E-state index in [0.717, 1.165) is 6.54 Å². The van der Waals surface area contributed by atoms with E-state index in [9.17, 15) is 9.59 Å². The molecular weight excluding hydrogens is 232 g/mol. The van der Waals surface area contributed by atoms with E-state index in [2.05, 4.69) is 10.6 Å². The van der Waals surface area contributed by atoms with Gasteiger partial charge in [0.05, 0.1) is 11.3 Å². The summed E-state index contributed by atoms with van der Waals surface area (Å²) in [6.45, 7) is 5.12. The molecule has 0 spiro atoms. The number of benzene rings is 1. The molecule has 0 aliphatic heterocycles. The molecule has 0 saturated heterocycles. The third-order valence-corrected chi connectivity index (χ3v) is 2.56. The van der Waals surface area contributed by atoms with Crippen LogP contribution in [0.15, 0.2) is 24.3 Å². The summed E-state index contributed by atoms with van der Waals surface area (Å²) < 4.78 is 0. The second-order valence-electron chi connectivity index (χ2n) is 4.05. The molecule has 5 heteroatoms. The second-order valence-corrected chi connectivity index (χ2v) is 4.05. The van der Waals surface area contributed by atoms with E-state index >= 15 is 0 Å². The highest BCUT2D eigenvalue weighted by Gasteiger charge is 2.15. The zero-order chi connectivity index (χ0) is 13.5. The Morgan fingerprint density at radius 3 is 2.61 bits per heavy atom. The first-order valence-corrected chi connectivity index (χ1v) is 5.90. The first-order valence-electron chi connectivity index (χ1n) is 5.90. The molecule has 1 amide bonds. The van der Waals surface area contributed by atoms with E-state index < -0.39 is 5.97 Å². The number of amides is 1. The van der Waals surface area contributed by atoms with Crippen molar-refractivity contribution in [1.82, 2.24) is 5.32 Å². The Morgan fingerprint density at radius 1 is 1.33 bits per heavy atom. The first-order chi connectivity index (χ1) is 8.56. The molecule has 0 radical (unpaired) electrons. The minimum Gasteiger partial charge on any atom is -0.478 e. The Hall–Kier alpha value is -1.88. The topological polar surface area (TPSA) is 78.4 Å². The van der Waals surface area contributed by atoms with Gasteiger partial charge < -0.3 is 15.7 Å². The molecule has 5 nitrogen and oxygen atoms in total. The third kappa shape index (κ3) is 3.85. The summed E-state index contributed by atoms with van der Waals surface area (Å²) in [5.41, 5.74) is 0.430. The number of carboxylic acids is 1. The maximum absolute atomic E-state index is 11.8. The standard InChI is InChI=1S/C13H18N2O3/c1-3-14-8-9(2)12(16)15-11-7-5-4-6-10(11)13(17)18/h4-7,9,14H,3,8H2,1-2H3,(H,15,16)(H,17,18). The summed E-state index contributed by atoms with van der Waals surface area (Å²) in [6.07, 6.45) is 0. The summed E-state index contributed by atoms with van der Waals surface area (Å²) in [4.78, 5) is 22.8. The minimum atomic E-state index is -1.05. The lowest BCUT2D eigenvalue weighted by molar-refractivity contribution is -0.119. The average Bonchev–Trinajstić information content (AvgIpc) is 2.36. The fraction of sp³-hybridized carbons (Fsp3) is 0.385. The molecule has 1 aromatic rings. The number of rotatable bonds is 6. The van der Waals surface area contributed by atoms with Crippen LogP contribution in [-0.4, -0.2) is 30.1 Å². The number of para-hydroxylation sites is 1. The van der Waals surface area contributed by atoms with Crippen molar-refractivity contribution in [2.24, 2.45) is 5.92 Å². The van der Waals surface area contributed by atoms with E-state index in [1.807, 2.05) is 6.92 Å². The van der Waals surface area contributed by atoms with Gasteiger partial charge in [-0.25, -0.2) is 4.79 Å². The summed E-state index contributed by atoms with van der Waals surface area (Å²) in [5.74, 6) is -1.46. The molecule has 98 valence electrons. The highest BCUT2D eigenvalue weighted by molar-refractivity contribution is 6.01. The molecule has 0 aliphatic rings.